The second-order valence-electron chi connectivity index (χ2n) is 5.60. The van der Waals surface area contributed by atoms with Crippen molar-refractivity contribution in [3.8, 4) is 11.3 Å². The van der Waals surface area contributed by atoms with Crippen LogP contribution in [0.2, 0.25) is 0 Å². The molecule has 0 radical (unpaired) electrons. The van der Waals surface area contributed by atoms with E-state index in [2.05, 4.69) is 60.9 Å². The van der Waals surface area contributed by atoms with Crippen molar-refractivity contribution < 1.29 is 0 Å². The highest BCUT2D eigenvalue weighted by molar-refractivity contribution is 5.59. The number of rotatable bonds is 2. The van der Waals surface area contributed by atoms with Gasteiger partial charge in [0.1, 0.15) is 5.82 Å². The summed E-state index contributed by atoms with van der Waals surface area (Å²) in [6, 6.07) is 9.07. The molecule has 0 saturated carbocycles. The molecule has 3 heteroatoms. The Morgan fingerprint density at radius 2 is 1.89 bits per heavy atom. The van der Waals surface area contributed by atoms with Crippen molar-refractivity contribution in [1.82, 2.24) is 14.5 Å². The van der Waals surface area contributed by atoms with E-state index in [1.165, 1.54) is 36.3 Å². The second-order valence-corrected chi connectivity index (χ2v) is 5.60. The largest absolute Gasteiger partial charge is 0.336 e. The van der Waals surface area contributed by atoms with E-state index < -0.39 is 0 Å². The minimum absolute atomic E-state index is 0.476. The number of aryl methyl sites for hydroxylation is 2. The number of imidazole rings is 1. The van der Waals surface area contributed by atoms with Gasteiger partial charge in [0, 0.05) is 18.8 Å². The Bertz CT molecular complexity index is 568. The third-order valence-corrected chi connectivity index (χ3v) is 4.08. The summed E-state index contributed by atoms with van der Waals surface area (Å²) in [6.45, 7) is 3.29. The highest BCUT2D eigenvalue weighted by atomic mass is 15.2. The summed E-state index contributed by atoms with van der Waals surface area (Å²) in [5, 5.41) is 0. The lowest BCUT2D eigenvalue weighted by molar-refractivity contribution is 0.301. The van der Waals surface area contributed by atoms with Crippen LogP contribution in [-0.4, -0.2) is 28.0 Å². The molecule has 2 heterocycles. The highest BCUT2D eigenvalue weighted by Crippen LogP contribution is 2.31. The zero-order chi connectivity index (χ0) is 13.4. The summed E-state index contributed by atoms with van der Waals surface area (Å²) in [7, 11) is 4.30. The van der Waals surface area contributed by atoms with Crippen molar-refractivity contribution in [1.29, 1.82) is 0 Å². The van der Waals surface area contributed by atoms with Crippen LogP contribution in [0.25, 0.3) is 11.3 Å². The number of aromatic nitrogens is 2. The fourth-order valence-electron chi connectivity index (χ4n) is 2.89. The molecule has 1 aromatic heterocycles. The Balaban J connectivity index is 1.94. The molecule has 1 atom stereocenters. The average Bonchev–Trinajstić information content (AvgIpc) is 2.96. The maximum Gasteiger partial charge on any atom is 0.126 e. The van der Waals surface area contributed by atoms with Crippen molar-refractivity contribution in [2.45, 2.75) is 25.8 Å². The van der Waals surface area contributed by atoms with Crippen LogP contribution < -0.4 is 0 Å². The Morgan fingerprint density at radius 3 is 2.53 bits per heavy atom. The van der Waals surface area contributed by atoms with Crippen molar-refractivity contribution in [2.75, 3.05) is 13.6 Å². The molecule has 1 fully saturated rings. The van der Waals surface area contributed by atoms with Crippen LogP contribution in [0, 0.1) is 6.92 Å². The molecule has 1 aromatic carbocycles. The van der Waals surface area contributed by atoms with Crippen molar-refractivity contribution in [2.24, 2.45) is 7.05 Å². The molecule has 100 valence electrons. The average molecular weight is 255 g/mol. The van der Waals surface area contributed by atoms with E-state index in [1.54, 1.807) is 0 Å². The summed E-state index contributed by atoms with van der Waals surface area (Å²) >= 11 is 0. The van der Waals surface area contributed by atoms with Crippen LogP contribution in [0.4, 0.5) is 0 Å². The molecular formula is C16H21N3. The molecule has 2 aromatic rings. The first-order valence-electron chi connectivity index (χ1n) is 6.95. The smallest absolute Gasteiger partial charge is 0.126 e. The first-order valence-corrected chi connectivity index (χ1v) is 6.95. The van der Waals surface area contributed by atoms with E-state index in [-0.39, 0.29) is 0 Å². The van der Waals surface area contributed by atoms with Gasteiger partial charge in [0.15, 0.2) is 0 Å². The molecule has 0 N–H and O–H groups in total. The minimum Gasteiger partial charge on any atom is -0.336 e. The number of hydrogen-bond acceptors (Lipinski definition) is 2. The minimum atomic E-state index is 0.476. The lowest BCUT2D eigenvalue weighted by Crippen LogP contribution is -2.20. The maximum absolute atomic E-state index is 4.86. The molecule has 1 unspecified atom stereocenters. The van der Waals surface area contributed by atoms with Gasteiger partial charge in [0.25, 0.3) is 0 Å². The Kier molecular flexibility index (Phi) is 3.15. The van der Waals surface area contributed by atoms with E-state index >= 15 is 0 Å². The molecule has 0 aliphatic carbocycles. The quantitative estimate of drug-likeness (QED) is 0.822. The molecule has 0 spiro atoms. The van der Waals surface area contributed by atoms with Gasteiger partial charge in [-0.2, -0.15) is 0 Å². The molecule has 19 heavy (non-hydrogen) atoms. The topological polar surface area (TPSA) is 21.1 Å². The van der Waals surface area contributed by atoms with Crippen LogP contribution in [0.3, 0.4) is 0 Å². The fraction of sp³-hybridized carbons (Fsp3) is 0.438. The van der Waals surface area contributed by atoms with Crippen molar-refractivity contribution >= 4 is 0 Å². The first-order chi connectivity index (χ1) is 9.15. The maximum atomic E-state index is 4.86. The van der Waals surface area contributed by atoms with E-state index in [1.807, 2.05) is 0 Å². The third kappa shape index (κ3) is 2.30. The molecule has 1 saturated heterocycles. The number of nitrogens with zero attached hydrogens (tertiary/aromatic N) is 3. The fourth-order valence-corrected chi connectivity index (χ4v) is 2.89. The predicted octanol–water partition coefficient (Wildman–Crippen LogP) is 3.16. The van der Waals surface area contributed by atoms with Gasteiger partial charge in [0.05, 0.1) is 11.7 Å². The molecule has 0 bridgehead atoms. The number of hydrogen-bond donors (Lipinski definition) is 0. The number of benzene rings is 1. The van der Waals surface area contributed by atoms with Crippen molar-refractivity contribution in [3.63, 3.8) is 0 Å². The van der Waals surface area contributed by atoms with Crippen LogP contribution >= 0.6 is 0 Å². The lowest BCUT2D eigenvalue weighted by Gasteiger charge is -2.18. The monoisotopic (exact) mass is 255 g/mol. The lowest BCUT2D eigenvalue weighted by atomic mass is 10.1. The van der Waals surface area contributed by atoms with Gasteiger partial charge in [-0.05, 0) is 33.4 Å². The van der Waals surface area contributed by atoms with Gasteiger partial charge in [-0.1, -0.05) is 29.8 Å². The first kappa shape index (κ1) is 12.4. The van der Waals surface area contributed by atoms with Gasteiger partial charge < -0.3 is 4.57 Å². The summed E-state index contributed by atoms with van der Waals surface area (Å²) in [5.41, 5.74) is 3.57. The predicted molar refractivity (Wildman–Crippen MR) is 78.0 cm³/mol. The SMILES string of the molecule is Cc1ccc(-c2cn(C)c(C3CCCN3C)n2)cc1. The summed E-state index contributed by atoms with van der Waals surface area (Å²) in [4.78, 5) is 7.27. The zero-order valence-electron chi connectivity index (χ0n) is 11.9. The van der Waals surface area contributed by atoms with E-state index in [0.29, 0.717) is 6.04 Å². The Morgan fingerprint density at radius 1 is 1.16 bits per heavy atom. The molecule has 0 amide bonds. The van der Waals surface area contributed by atoms with Gasteiger partial charge in [0.2, 0.25) is 0 Å². The van der Waals surface area contributed by atoms with Crippen LogP contribution in [0.1, 0.15) is 30.3 Å². The summed E-state index contributed by atoms with van der Waals surface area (Å²) in [6.07, 6.45) is 4.63. The van der Waals surface area contributed by atoms with Crippen LogP contribution in [0.5, 0.6) is 0 Å². The van der Waals surface area contributed by atoms with E-state index in [9.17, 15) is 0 Å². The zero-order valence-corrected chi connectivity index (χ0v) is 11.9. The van der Waals surface area contributed by atoms with Crippen LogP contribution in [0.15, 0.2) is 30.5 Å². The van der Waals surface area contributed by atoms with Gasteiger partial charge in [-0.15, -0.1) is 0 Å². The third-order valence-electron chi connectivity index (χ3n) is 4.08. The summed E-state index contributed by atoms with van der Waals surface area (Å²) < 4.78 is 2.18. The molecule has 1 aliphatic heterocycles. The van der Waals surface area contributed by atoms with Crippen molar-refractivity contribution in [3.05, 3.63) is 41.9 Å². The standard InChI is InChI=1S/C16H21N3/c1-12-6-8-13(9-7-12)14-11-19(3)16(17-14)15-5-4-10-18(15)2/h6-9,11,15H,4-5,10H2,1-3H3. The van der Waals surface area contributed by atoms with Gasteiger partial charge in [-0.3, -0.25) is 4.90 Å². The second kappa shape index (κ2) is 4.82. The Labute approximate surface area is 114 Å². The van der Waals surface area contributed by atoms with E-state index in [4.69, 9.17) is 4.98 Å². The van der Waals surface area contributed by atoms with Crippen LogP contribution in [-0.2, 0) is 7.05 Å². The normalized spacial score (nSPS) is 20.1. The van der Waals surface area contributed by atoms with Gasteiger partial charge >= 0.3 is 0 Å². The van der Waals surface area contributed by atoms with E-state index in [0.717, 1.165) is 5.69 Å². The molecule has 3 nitrogen and oxygen atoms in total. The molecule has 1 aliphatic rings. The Hall–Kier alpha value is -1.61. The van der Waals surface area contributed by atoms with Gasteiger partial charge in [-0.25, -0.2) is 4.98 Å². The number of likely N-dealkylation sites (tertiary alicyclic amines) is 1. The molecule has 3 rings (SSSR count). The molecular weight excluding hydrogens is 234 g/mol. The summed E-state index contributed by atoms with van der Waals surface area (Å²) in [5.74, 6) is 1.19. The highest BCUT2D eigenvalue weighted by Gasteiger charge is 2.26.